The van der Waals surface area contributed by atoms with E-state index in [1.807, 2.05) is 37.3 Å². The van der Waals surface area contributed by atoms with Gasteiger partial charge in [-0.2, -0.15) is 0 Å². The SMILES string of the molecule is C/C=C/C(CC(=O)SC(C)(C)C)c1ccc(OC)cc1. The summed E-state index contributed by atoms with van der Waals surface area (Å²) in [5, 5.41) is 0.233. The van der Waals surface area contributed by atoms with Gasteiger partial charge in [0.05, 0.1) is 7.11 Å². The molecule has 0 aliphatic heterocycles. The first-order chi connectivity index (χ1) is 9.35. The third kappa shape index (κ3) is 5.83. The number of hydrogen-bond acceptors (Lipinski definition) is 3. The van der Waals surface area contributed by atoms with Crippen LogP contribution in [0.4, 0.5) is 0 Å². The van der Waals surface area contributed by atoms with Crippen molar-refractivity contribution in [1.82, 2.24) is 0 Å². The largest absolute Gasteiger partial charge is 0.497 e. The lowest BCUT2D eigenvalue weighted by atomic mass is 9.96. The van der Waals surface area contributed by atoms with E-state index in [9.17, 15) is 4.79 Å². The van der Waals surface area contributed by atoms with E-state index in [-0.39, 0.29) is 15.8 Å². The lowest BCUT2D eigenvalue weighted by molar-refractivity contribution is -0.111. The van der Waals surface area contributed by atoms with Crippen LogP contribution in [-0.2, 0) is 4.79 Å². The number of allylic oxidation sites excluding steroid dienone is 2. The van der Waals surface area contributed by atoms with E-state index in [2.05, 4.69) is 26.8 Å². The predicted molar refractivity (Wildman–Crippen MR) is 87.5 cm³/mol. The molecule has 0 heterocycles. The van der Waals surface area contributed by atoms with E-state index >= 15 is 0 Å². The normalized spacial score (nSPS) is 13.4. The van der Waals surface area contributed by atoms with E-state index < -0.39 is 0 Å². The smallest absolute Gasteiger partial charge is 0.190 e. The van der Waals surface area contributed by atoms with Crippen LogP contribution in [0, 0.1) is 0 Å². The van der Waals surface area contributed by atoms with Gasteiger partial charge < -0.3 is 4.74 Å². The van der Waals surface area contributed by atoms with Gasteiger partial charge in [0.15, 0.2) is 5.12 Å². The van der Waals surface area contributed by atoms with Crippen molar-refractivity contribution >= 4 is 16.9 Å². The molecule has 0 spiro atoms. The van der Waals surface area contributed by atoms with Gasteiger partial charge in [0, 0.05) is 17.1 Å². The lowest BCUT2D eigenvalue weighted by Gasteiger charge is -2.18. The Morgan fingerprint density at radius 1 is 1.30 bits per heavy atom. The summed E-state index contributed by atoms with van der Waals surface area (Å²) >= 11 is 1.42. The molecule has 3 heteroatoms. The number of benzene rings is 1. The van der Waals surface area contributed by atoms with Gasteiger partial charge in [-0.25, -0.2) is 0 Å². The second kappa shape index (κ2) is 7.53. The molecule has 110 valence electrons. The number of methoxy groups -OCH3 is 1. The van der Waals surface area contributed by atoms with Crippen molar-refractivity contribution < 1.29 is 9.53 Å². The lowest BCUT2D eigenvalue weighted by Crippen LogP contribution is -2.13. The van der Waals surface area contributed by atoms with Crippen molar-refractivity contribution in [3.8, 4) is 5.75 Å². The molecule has 20 heavy (non-hydrogen) atoms. The Kier molecular flexibility index (Phi) is 6.34. The molecule has 1 rings (SSSR count). The molecule has 0 aromatic heterocycles. The Morgan fingerprint density at radius 3 is 2.35 bits per heavy atom. The fourth-order valence-electron chi connectivity index (χ4n) is 1.94. The zero-order chi connectivity index (χ0) is 15.2. The molecule has 0 aliphatic carbocycles. The molecule has 0 saturated heterocycles. The highest BCUT2D eigenvalue weighted by Gasteiger charge is 2.20. The molecule has 2 nitrogen and oxygen atoms in total. The Balaban J connectivity index is 2.80. The summed E-state index contributed by atoms with van der Waals surface area (Å²) in [7, 11) is 1.65. The molecule has 0 fully saturated rings. The second-order valence-electron chi connectivity index (χ2n) is 5.70. The van der Waals surface area contributed by atoms with Crippen LogP contribution < -0.4 is 4.74 Å². The Hall–Kier alpha value is -1.22. The van der Waals surface area contributed by atoms with Crippen molar-refractivity contribution in [3.05, 3.63) is 42.0 Å². The summed E-state index contributed by atoms with van der Waals surface area (Å²) in [6, 6.07) is 7.93. The van der Waals surface area contributed by atoms with Crippen molar-refractivity contribution in [2.75, 3.05) is 7.11 Å². The highest BCUT2D eigenvalue weighted by atomic mass is 32.2. The predicted octanol–water partition coefficient (Wildman–Crippen LogP) is 4.80. The molecule has 1 aromatic rings. The van der Waals surface area contributed by atoms with Gasteiger partial charge >= 0.3 is 0 Å². The van der Waals surface area contributed by atoms with Gasteiger partial charge in [-0.3, -0.25) is 4.79 Å². The summed E-state index contributed by atoms with van der Waals surface area (Å²) in [6.45, 7) is 8.17. The zero-order valence-corrected chi connectivity index (χ0v) is 13.8. The van der Waals surface area contributed by atoms with Crippen LogP contribution in [0.25, 0.3) is 0 Å². The molecule has 0 amide bonds. The number of hydrogen-bond donors (Lipinski definition) is 0. The molecular formula is C17H24O2S. The minimum atomic E-state index is -0.0303. The molecular weight excluding hydrogens is 268 g/mol. The zero-order valence-electron chi connectivity index (χ0n) is 13.0. The highest BCUT2D eigenvalue weighted by molar-refractivity contribution is 8.14. The summed E-state index contributed by atoms with van der Waals surface area (Å²) in [5.74, 6) is 0.969. The molecule has 0 aliphatic rings. The van der Waals surface area contributed by atoms with Crippen LogP contribution >= 0.6 is 11.8 Å². The Labute approximate surface area is 126 Å². The average Bonchev–Trinajstić information content (AvgIpc) is 2.36. The van der Waals surface area contributed by atoms with Crippen LogP contribution in [0.2, 0.25) is 0 Å². The maximum atomic E-state index is 12.1. The third-order valence-electron chi connectivity index (χ3n) is 2.78. The molecule has 0 radical (unpaired) electrons. The first-order valence-electron chi connectivity index (χ1n) is 6.84. The van der Waals surface area contributed by atoms with Gasteiger partial charge in [-0.05, 0) is 24.6 Å². The molecule has 1 aromatic carbocycles. The third-order valence-corrected chi connectivity index (χ3v) is 3.78. The van der Waals surface area contributed by atoms with Crippen LogP contribution in [0.3, 0.4) is 0 Å². The summed E-state index contributed by atoms with van der Waals surface area (Å²) in [5.41, 5.74) is 1.15. The number of thioether (sulfide) groups is 1. The second-order valence-corrected chi connectivity index (χ2v) is 7.58. The number of rotatable bonds is 5. The number of carbonyl (C=O) groups is 1. The number of carbonyl (C=O) groups excluding carboxylic acids is 1. The Morgan fingerprint density at radius 2 is 1.90 bits per heavy atom. The average molecular weight is 292 g/mol. The van der Waals surface area contributed by atoms with E-state index in [1.165, 1.54) is 11.8 Å². The standard InChI is InChI=1S/C17H24O2S/c1-6-7-14(12-16(18)20-17(2,3)4)13-8-10-15(19-5)11-9-13/h6-11,14H,12H2,1-5H3/b7-6+. The minimum Gasteiger partial charge on any atom is -0.497 e. The van der Waals surface area contributed by atoms with Gasteiger partial charge in [0.25, 0.3) is 0 Å². The molecule has 1 unspecified atom stereocenters. The molecule has 0 saturated carbocycles. The summed E-state index contributed by atoms with van der Waals surface area (Å²) in [4.78, 5) is 12.1. The van der Waals surface area contributed by atoms with Crippen molar-refractivity contribution in [1.29, 1.82) is 0 Å². The summed E-state index contributed by atoms with van der Waals surface area (Å²) in [6.07, 6.45) is 4.62. The fourth-order valence-corrected chi connectivity index (χ4v) is 2.89. The van der Waals surface area contributed by atoms with Crippen LogP contribution in [0.15, 0.2) is 36.4 Å². The molecule has 0 bridgehead atoms. The highest BCUT2D eigenvalue weighted by Crippen LogP contribution is 2.31. The van der Waals surface area contributed by atoms with Crippen molar-refractivity contribution in [2.45, 2.75) is 44.8 Å². The van der Waals surface area contributed by atoms with Gasteiger partial charge in [0.2, 0.25) is 0 Å². The van der Waals surface area contributed by atoms with Gasteiger partial charge in [-0.1, -0.05) is 56.8 Å². The van der Waals surface area contributed by atoms with E-state index in [4.69, 9.17) is 4.74 Å². The van der Waals surface area contributed by atoms with Gasteiger partial charge in [-0.15, -0.1) is 0 Å². The van der Waals surface area contributed by atoms with Gasteiger partial charge in [0.1, 0.15) is 5.75 Å². The fraction of sp³-hybridized carbons (Fsp3) is 0.471. The Bertz CT molecular complexity index is 455. The van der Waals surface area contributed by atoms with Crippen LogP contribution in [0.5, 0.6) is 5.75 Å². The van der Waals surface area contributed by atoms with Crippen LogP contribution in [-0.4, -0.2) is 17.0 Å². The minimum absolute atomic E-state index is 0.0303. The first kappa shape index (κ1) is 16.8. The first-order valence-corrected chi connectivity index (χ1v) is 7.66. The van der Waals surface area contributed by atoms with Crippen LogP contribution in [0.1, 0.15) is 45.6 Å². The summed E-state index contributed by atoms with van der Waals surface area (Å²) < 4.78 is 5.14. The quantitative estimate of drug-likeness (QED) is 0.729. The molecule has 0 N–H and O–H groups in total. The van der Waals surface area contributed by atoms with Crippen molar-refractivity contribution in [3.63, 3.8) is 0 Å². The number of ether oxygens (including phenoxy) is 1. The van der Waals surface area contributed by atoms with E-state index in [0.717, 1.165) is 11.3 Å². The van der Waals surface area contributed by atoms with E-state index in [1.54, 1.807) is 7.11 Å². The topological polar surface area (TPSA) is 26.3 Å². The maximum absolute atomic E-state index is 12.1. The molecule has 1 atom stereocenters. The monoisotopic (exact) mass is 292 g/mol. The van der Waals surface area contributed by atoms with E-state index in [0.29, 0.717) is 6.42 Å². The maximum Gasteiger partial charge on any atom is 0.190 e. The van der Waals surface area contributed by atoms with Crippen molar-refractivity contribution in [2.24, 2.45) is 0 Å².